The number of nitrogens with zero attached hydrogens (tertiary/aromatic N) is 2. The number of aromatic nitrogens is 2. The Kier molecular flexibility index (Phi) is 5.07. The van der Waals surface area contributed by atoms with Gasteiger partial charge in [-0.25, -0.2) is 0 Å². The molecule has 1 heterocycles. The molecular formula is C17H24ClN3. The fourth-order valence-corrected chi connectivity index (χ4v) is 3.36. The second-order valence-corrected chi connectivity index (χ2v) is 6.04. The van der Waals surface area contributed by atoms with Crippen molar-refractivity contribution in [3.8, 4) is 0 Å². The molecule has 21 heavy (non-hydrogen) atoms. The number of hydrogen-bond donors (Lipinski definition) is 1. The summed E-state index contributed by atoms with van der Waals surface area (Å²) in [5.74, 6) is 0. The molecule has 0 saturated carbocycles. The van der Waals surface area contributed by atoms with Crippen LogP contribution in [0, 0.1) is 20.8 Å². The van der Waals surface area contributed by atoms with Crippen LogP contribution in [0.4, 0.5) is 0 Å². The van der Waals surface area contributed by atoms with E-state index in [1.807, 2.05) is 11.7 Å². The normalized spacial score (nSPS) is 12.7. The van der Waals surface area contributed by atoms with E-state index < -0.39 is 0 Å². The number of aryl methyl sites for hydroxylation is 4. The fourth-order valence-electron chi connectivity index (χ4n) is 3.11. The lowest BCUT2D eigenvalue weighted by Gasteiger charge is -2.23. The first kappa shape index (κ1) is 16.1. The molecule has 2 rings (SSSR count). The summed E-state index contributed by atoms with van der Waals surface area (Å²) in [6.45, 7) is 9.48. The molecule has 0 saturated heterocycles. The lowest BCUT2D eigenvalue weighted by molar-refractivity contribution is 0.533. The summed E-state index contributed by atoms with van der Waals surface area (Å²) in [6.07, 6.45) is 2.78. The highest BCUT2D eigenvalue weighted by Gasteiger charge is 2.23. The van der Waals surface area contributed by atoms with Crippen molar-refractivity contribution in [3.63, 3.8) is 0 Å². The zero-order valence-corrected chi connectivity index (χ0v) is 14.3. The Balaban J connectivity index is 2.58. The molecule has 0 aliphatic carbocycles. The molecule has 0 spiro atoms. The molecule has 1 N–H and O–H groups in total. The lowest BCUT2D eigenvalue weighted by Crippen LogP contribution is -2.24. The second kappa shape index (κ2) is 6.63. The Labute approximate surface area is 132 Å². The van der Waals surface area contributed by atoms with Crippen LogP contribution >= 0.6 is 11.6 Å². The van der Waals surface area contributed by atoms with Gasteiger partial charge in [0.05, 0.1) is 23.0 Å². The van der Waals surface area contributed by atoms with Crippen LogP contribution in [0.15, 0.2) is 18.3 Å². The first-order chi connectivity index (χ1) is 9.99. The summed E-state index contributed by atoms with van der Waals surface area (Å²) < 4.78 is 2.02. The zero-order chi connectivity index (χ0) is 15.6. The average Bonchev–Trinajstić information content (AvgIpc) is 2.75. The molecule has 0 aliphatic rings. The predicted octanol–water partition coefficient (Wildman–Crippen LogP) is 4.18. The van der Waals surface area contributed by atoms with Gasteiger partial charge in [-0.15, -0.1) is 0 Å². The third-order valence-electron chi connectivity index (χ3n) is 3.86. The number of rotatable bonds is 5. The van der Waals surface area contributed by atoms with Crippen LogP contribution in [-0.4, -0.2) is 16.8 Å². The summed E-state index contributed by atoms with van der Waals surface area (Å²) >= 11 is 6.42. The third kappa shape index (κ3) is 3.14. The number of nitrogens with one attached hydrogen (secondary N) is 1. The molecule has 0 aliphatic heterocycles. The van der Waals surface area contributed by atoms with E-state index in [0.29, 0.717) is 0 Å². The van der Waals surface area contributed by atoms with Gasteiger partial charge in [0.1, 0.15) is 0 Å². The van der Waals surface area contributed by atoms with Gasteiger partial charge in [0, 0.05) is 6.54 Å². The Morgan fingerprint density at radius 3 is 2.38 bits per heavy atom. The Morgan fingerprint density at radius 1 is 1.24 bits per heavy atom. The predicted molar refractivity (Wildman–Crippen MR) is 89.1 cm³/mol. The van der Waals surface area contributed by atoms with Gasteiger partial charge in [-0.1, -0.05) is 36.2 Å². The van der Waals surface area contributed by atoms with Crippen LogP contribution in [-0.2, 0) is 6.54 Å². The minimum absolute atomic E-state index is 0.0622. The molecule has 4 heteroatoms. The van der Waals surface area contributed by atoms with Gasteiger partial charge in [-0.2, -0.15) is 5.10 Å². The fraction of sp³-hybridized carbons (Fsp3) is 0.471. The summed E-state index contributed by atoms with van der Waals surface area (Å²) in [5, 5.41) is 8.56. The summed E-state index contributed by atoms with van der Waals surface area (Å²) in [6, 6.07) is 4.51. The van der Waals surface area contributed by atoms with E-state index >= 15 is 0 Å². The highest BCUT2D eigenvalue weighted by Crippen LogP contribution is 2.32. The molecule has 0 radical (unpaired) electrons. The maximum atomic E-state index is 6.42. The average molecular weight is 306 g/mol. The summed E-state index contributed by atoms with van der Waals surface area (Å²) in [4.78, 5) is 0. The van der Waals surface area contributed by atoms with Crippen LogP contribution in [0.3, 0.4) is 0 Å². The van der Waals surface area contributed by atoms with E-state index in [0.717, 1.165) is 23.7 Å². The van der Waals surface area contributed by atoms with Gasteiger partial charge in [0.15, 0.2) is 0 Å². The minimum Gasteiger partial charge on any atom is -0.308 e. The summed E-state index contributed by atoms with van der Waals surface area (Å²) in [7, 11) is 1.98. The first-order valence-corrected chi connectivity index (χ1v) is 7.83. The highest BCUT2D eigenvalue weighted by atomic mass is 35.5. The Hall–Kier alpha value is -1.32. The van der Waals surface area contributed by atoms with E-state index in [1.54, 1.807) is 6.20 Å². The van der Waals surface area contributed by atoms with Gasteiger partial charge < -0.3 is 5.32 Å². The lowest BCUT2D eigenvalue weighted by atomic mass is 9.92. The van der Waals surface area contributed by atoms with E-state index in [4.69, 9.17) is 11.6 Å². The molecule has 2 aromatic rings. The topological polar surface area (TPSA) is 29.9 Å². The van der Waals surface area contributed by atoms with Crippen molar-refractivity contribution in [3.05, 3.63) is 51.3 Å². The molecule has 1 atom stereocenters. The van der Waals surface area contributed by atoms with Crippen molar-refractivity contribution in [2.24, 2.45) is 0 Å². The number of halogens is 1. The van der Waals surface area contributed by atoms with Crippen molar-refractivity contribution in [2.75, 3.05) is 7.05 Å². The first-order valence-electron chi connectivity index (χ1n) is 7.45. The Bertz CT molecular complexity index is 608. The van der Waals surface area contributed by atoms with Crippen LogP contribution in [0.25, 0.3) is 0 Å². The molecule has 1 unspecified atom stereocenters. The van der Waals surface area contributed by atoms with E-state index in [-0.39, 0.29) is 6.04 Å². The van der Waals surface area contributed by atoms with Crippen molar-refractivity contribution < 1.29 is 0 Å². The molecule has 1 aromatic heterocycles. The van der Waals surface area contributed by atoms with Crippen LogP contribution < -0.4 is 5.32 Å². The molecule has 0 bridgehead atoms. The van der Waals surface area contributed by atoms with Crippen molar-refractivity contribution >= 4 is 11.6 Å². The maximum absolute atomic E-state index is 6.42. The molecule has 0 fully saturated rings. The van der Waals surface area contributed by atoms with Crippen molar-refractivity contribution in [2.45, 2.75) is 46.7 Å². The second-order valence-electron chi connectivity index (χ2n) is 5.63. The Morgan fingerprint density at radius 2 is 1.86 bits per heavy atom. The van der Waals surface area contributed by atoms with Crippen LogP contribution in [0.2, 0.25) is 5.02 Å². The number of benzene rings is 1. The molecular weight excluding hydrogens is 282 g/mol. The van der Waals surface area contributed by atoms with E-state index in [2.05, 4.69) is 50.2 Å². The largest absolute Gasteiger partial charge is 0.308 e. The monoisotopic (exact) mass is 305 g/mol. The summed E-state index contributed by atoms with van der Waals surface area (Å²) in [5.41, 5.74) is 6.20. The van der Waals surface area contributed by atoms with Crippen molar-refractivity contribution in [1.29, 1.82) is 0 Å². The van der Waals surface area contributed by atoms with Gasteiger partial charge in [-0.05, 0) is 50.9 Å². The molecule has 1 aromatic carbocycles. The van der Waals surface area contributed by atoms with E-state index in [1.165, 1.54) is 22.3 Å². The van der Waals surface area contributed by atoms with Gasteiger partial charge in [0.25, 0.3) is 0 Å². The zero-order valence-electron chi connectivity index (χ0n) is 13.5. The number of hydrogen-bond acceptors (Lipinski definition) is 2. The molecule has 114 valence electrons. The molecule has 3 nitrogen and oxygen atoms in total. The highest BCUT2D eigenvalue weighted by molar-refractivity contribution is 6.31. The van der Waals surface area contributed by atoms with Crippen LogP contribution in [0.5, 0.6) is 0 Å². The smallest absolute Gasteiger partial charge is 0.0837 e. The van der Waals surface area contributed by atoms with Gasteiger partial charge >= 0.3 is 0 Å². The minimum atomic E-state index is 0.0622. The van der Waals surface area contributed by atoms with Gasteiger partial charge in [-0.3, -0.25) is 4.68 Å². The SMILES string of the molecule is CCCn1ncc(Cl)c1C(NC)c1c(C)cc(C)cc1C. The molecule has 0 amide bonds. The van der Waals surface area contributed by atoms with Crippen molar-refractivity contribution in [1.82, 2.24) is 15.1 Å². The van der Waals surface area contributed by atoms with E-state index in [9.17, 15) is 0 Å². The third-order valence-corrected chi connectivity index (χ3v) is 4.15. The van der Waals surface area contributed by atoms with Gasteiger partial charge in [0.2, 0.25) is 0 Å². The standard InChI is InChI=1S/C17H24ClN3/c1-6-7-21-17(14(18)10-20-21)16(19-5)15-12(3)8-11(2)9-13(15)4/h8-10,16,19H,6-7H2,1-5H3. The maximum Gasteiger partial charge on any atom is 0.0837 e. The van der Waals surface area contributed by atoms with Crippen LogP contribution in [0.1, 0.15) is 47.3 Å². The quantitative estimate of drug-likeness (QED) is 0.898.